The standard InChI is InChI=1S/C14H9FN2O2/c15-10-6-4-9(5-7-10)13-16-12(14(18)19)11-3-1-2-8-17(11)13/h1-8H,(H,18,19). The summed E-state index contributed by atoms with van der Waals surface area (Å²) in [6, 6.07) is 11.0. The molecular formula is C14H9FN2O2. The van der Waals surface area contributed by atoms with Crippen molar-refractivity contribution < 1.29 is 14.3 Å². The van der Waals surface area contributed by atoms with E-state index in [9.17, 15) is 9.18 Å². The molecule has 19 heavy (non-hydrogen) atoms. The molecule has 0 fully saturated rings. The van der Waals surface area contributed by atoms with Crippen molar-refractivity contribution in [3.63, 3.8) is 0 Å². The van der Waals surface area contributed by atoms with E-state index in [0.717, 1.165) is 0 Å². The van der Waals surface area contributed by atoms with Crippen LogP contribution in [0.1, 0.15) is 10.5 Å². The normalized spacial score (nSPS) is 10.8. The first-order valence-corrected chi connectivity index (χ1v) is 5.63. The van der Waals surface area contributed by atoms with Crippen LogP contribution in [0.2, 0.25) is 0 Å². The lowest BCUT2D eigenvalue weighted by Crippen LogP contribution is -1.96. The van der Waals surface area contributed by atoms with Crippen LogP contribution in [0.4, 0.5) is 4.39 Å². The summed E-state index contributed by atoms with van der Waals surface area (Å²) < 4.78 is 14.6. The maximum Gasteiger partial charge on any atom is 0.356 e. The van der Waals surface area contributed by atoms with E-state index in [1.54, 1.807) is 40.9 Å². The molecule has 0 saturated heterocycles. The molecule has 2 heterocycles. The zero-order chi connectivity index (χ0) is 13.4. The quantitative estimate of drug-likeness (QED) is 0.767. The molecule has 3 aromatic rings. The molecule has 0 bridgehead atoms. The number of fused-ring (bicyclic) bond motifs is 1. The number of aromatic nitrogens is 2. The van der Waals surface area contributed by atoms with Crippen LogP contribution in [-0.4, -0.2) is 20.5 Å². The number of rotatable bonds is 2. The molecule has 2 aromatic heterocycles. The third-order valence-corrected chi connectivity index (χ3v) is 2.85. The number of imidazole rings is 1. The van der Waals surface area contributed by atoms with Crippen LogP contribution in [0.5, 0.6) is 0 Å². The minimum atomic E-state index is -1.09. The van der Waals surface area contributed by atoms with Crippen molar-refractivity contribution in [2.24, 2.45) is 0 Å². The number of aromatic carboxylic acids is 1. The topological polar surface area (TPSA) is 54.6 Å². The summed E-state index contributed by atoms with van der Waals surface area (Å²) in [6.07, 6.45) is 1.73. The molecule has 94 valence electrons. The van der Waals surface area contributed by atoms with Crippen LogP contribution in [-0.2, 0) is 0 Å². The van der Waals surface area contributed by atoms with Gasteiger partial charge in [-0.3, -0.25) is 4.40 Å². The number of hydrogen-bond donors (Lipinski definition) is 1. The first-order chi connectivity index (χ1) is 9.16. The van der Waals surface area contributed by atoms with E-state index < -0.39 is 5.97 Å². The van der Waals surface area contributed by atoms with E-state index in [4.69, 9.17) is 5.11 Å². The Morgan fingerprint density at radius 2 is 1.89 bits per heavy atom. The Morgan fingerprint density at radius 1 is 1.16 bits per heavy atom. The van der Waals surface area contributed by atoms with Gasteiger partial charge in [-0.25, -0.2) is 14.2 Å². The highest BCUT2D eigenvalue weighted by Crippen LogP contribution is 2.22. The van der Waals surface area contributed by atoms with Gasteiger partial charge in [0.25, 0.3) is 0 Å². The summed E-state index contributed by atoms with van der Waals surface area (Å²) in [6.45, 7) is 0. The van der Waals surface area contributed by atoms with Crippen LogP contribution in [0.3, 0.4) is 0 Å². The lowest BCUT2D eigenvalue weighted by molar-refractivity contribution is 0.0693. The fourth-order valence-electron chi connectivity index (χ4n) is 2.00. The van der Waals surface area contributed by atoms with Gasteiger partial charge in [0.15, 0.2) is 5.69 Å². The number of carboxylic acid groups (broad SMARTS) is 1. The highest BCUT2D eigenvalue weighted by molar-refractivity contribution is 5.94. The first-order valence-electron chi connectivity index (χ1n) is 5.63. The summed E-state index contributed by atoms with van der Waals surface area (Å²) in [4.78, 5) is 15.3. The van der Waals surface area contributed by atoms with Gasteiger partial charge in [0, 0.05) is 11.8 Å². The molecule has 0 saturated carbocycles. The second-order valence-corrected chi connectivity index (χ2v) is 4.05. The van der Waals surface area contributed by atoms with Gasteiger partial charge >= 0.3 is 5.97 Å². The molecule has 0 aliphatic rings. The average Bonchev–Trinajstić information content (AvgIpc) is 2.79. The smallest absolute Gasteiger partial charge is 0.356 e. The molecular weight excluding hydrogens is 247 g/mol. The molecule has 0 amide bonds. The van der Waals surface area contributed by atoms with Crippen LogP contribution in [0.15, 0.2) is 48.7 Å². The van der Waals surface area contributed by atoms with Gasteiger partial charge in [-0.1, -0.05) is 6.07 Å². The van der Waals surface area contributed by atoms with Gasteiger partial charge in [-0.05, 0) is 36.4 Å². The largest absolute Gasteiger partial charge is 0.476 e. The maximum atomic E-state index is 12.9. The van der Waals surface area contributed by atoms with E-state index in [1.807, 2.05) is 0 Å². The monoisotopic (exact) mass is 256 g/mol. The minimum Gasteiger partial charge on any atom is -0.476 e. The Labute approximate surface area is 107 Å². The molecule has 0 unspecified atom stereocenters. The van der Waals surface area contributed by atoms with Crippen LogP contribution in [0.25, 0.3) is 16.9 Å². The Bertz CT molecular complexity index is 763. The third kappa shape index (κ3) is 1.85. The molecule has 0 spiro atoms. The Hall–Kier alpha value is -2.69. The number of carboxylic acids is 1. The van der Waals surface area contributed by atoms with E-state index >= 15 is 0 Å². The Kier molecular flexibility index (Phi) is 2.52. The number of hydrogen-bond acceptors (Lipinski definition) is 2. The number of benzene rings is 1. The summed E-state index contributed by atoms with van der Waals surface area (Å²) in [5.41, 5.74) is 1.16. The molecule has 5 heteroatoms. The van der Waals surface area contributed by atoms with Gasteiger partial charge in [0.2, 0.25) is 0 Å². The Balaban J connectivity index is 2.29. The predicted molar refractivity (Wildman–Crippen MR) is 67.5 cm³/mol. The van der Waals surface area contributed by atoms with E-state index in [1.165, 1.54) is 12.1 Å². The molecule has 3 rings (SSSR count). The van der Waals surface area contributed by atoms with Crippen LogP contribution >= 0.6 is 0 Å². The number of carbonyl (C=O) groups is 1. The molecule has 4 nitrogen and oxygen atoms in total. The molecule has 0 aliphatic heterocycles. The number of halogens is 1. The van der Waals surface area contributed by atoms with Crippen molar-refractivity contribution in [3.8, 4) is 11.4 Å². The maximum absolute atomic E-state index is 12.9. The summed E-state index contributed by atoms with van der Waals surface area (Å²) in [7, 11) is 0. The fraction of sp³-hybridized carbons (Fsp3) is 0. The van der Waals surface area contributed by atoms with E-state index in [-0.39, 0.29) is 11.5 Å². The zero-order valence-corrected chi connectivity index (χ0v) is 9.75. The first kappa shape index (κ1) is 11.4. The molecule has 0 atom stereocenters. The van der Waals surface area contributed by atoms with Gasteiger partial charge < -0.3 is 5.11 Å². The highest BCUT2D eigenvalue weighted by atomic mass is 19.1. The van der Waals surface area contributed by atoms with Gasteiger partial charge in [-0.2, -0.15) is 0 Å². The zero-order valence-electron chi connectivity index (χ0n) is 9.75. The number of nitrogens with zero attached hydrogens (tertiary/aromatic N) is 2. The van der Waals surface area contributed by atoms with Gasteiger partial charge in [-0.15, -0.1) is 0 Å². The van der Waals surface area contributed by atoms with Crippen molar-refractivity contribution in [1.82, 2.24) is 9.38 Å². The summed E-state index contributed by atoms with van der Waals surface area (Å²) >= 11 is 0. The molecule has 1 N–H and O–H groups in total. The van der Waals surface area contributed by atoms with Crippen molar-refractivity contribution in [2.75, 3.05) is 0 Å². The van der Waals surface area contributed by atoms with Crippen molar-refractivity contribution >= 4 is 11.5 Å². The fourth-order valence-corrected chi connectivity index (χ4v) is 2.00. The van der Waals surface area contributed by atoms with E-state index in [0.29, 0.717) is 16.9 Å². The lowest BCUT2D eigenvalue weighted by atomic mass is 10.2. The minimum absolute atomic E-state index is 0.0140. The van der Waals surface area contributed by atoms with Crippen LogP contribution in [0, 0.1) is 5.82 Å². The van der Waals surface area contributed by atoms with Crippen molar-refractivity contribution in [3.05, 3.63) is 60.2 Å². The lowest BCUT2D eigenvalue weighted by Gasteiger charge is -2.00. The van der Waals surface area contributed by atoms with Gasteiger partial charge in [0.1, 0.15) is 11.6 Å². The second kappa shape index (κ2) is 4.20. The van der Waals surface area contributed by atoms with Gasteiger partial charge in [0.05, 0.1) is 5.52 Å². The molecule has 0 aliphatic carbocycles. The predicted octanol–water partition coefficient (Wildman–Crippen LogP) is 2.84. The summed E-state index contributed by atoms with van der Waals surface area (Å²) in [5.74, 6) is -0.951. The van der Waals surface area contributed by atoms with E-state index in [2.05, 4.69) is 4.98 Å². The second-order valence-electron chi connectivity index (χ2n) is 4.05. The van der Waals surface area contributed by atoms with Crippen molar-refractivity contribution in [2.45, 2.75) is 0 Å². The summed E-state index contributed by atoms with van der Waals surface area (Å²) in [5, 5.41) is 9.15. The third-order valence-electron chi connectivity index (χ3n) is 2.85. The number of pyridine rings is 1. The van der Waals surface area contributed by atoms with Crippen molar-refractivity contribution in [1.29, 1.82) is 0 Å². The SMILES string of the molecule is O=C(O)c1nc(-c2ccc(F)cc2)n2ccccc12. The molecule has 1 aromatic carbocycles. The van der Waals surface area contributed by atoms with Crippen LogP contribution < -0.4 is 0 Å². The highest BCUT2D eigenvalue weighted by Gasteiger charge is 2.16. The Morgan fingerprint density at radius 3 is 2.58 bits per heavy atom. The molecule has 0 radical (unpaired) electrons. The average molecular weight is 256 g/mol.